The largest absolute Gasteiger partial charge is 0.370 e. The Morgan fingerprint density at radius 1 is 1.33 bits per heavy atom. The van der Waals surface area contributed by atoms with Crippen LogP contribution in [0.4, 0.5) is 0 Å². The molecular formula is C12H20N2O. The fourth-order valence-electron chi connectivity index (χ4n) is 2.26. The third kappa shape index (κ3) is 2.07. The Morgan fingerprint density at radius 2 is 2.07 bits per heavy atom. The minimum absolute atomic E-state index is 0.508. The summed E-state index contributed by atoms with van der Waals surface area (Å²) in [4.78, 5) is 0. The molecular weight excluding hydrogens is 188 g/mol. The highest BCUT2D eigenvalue weighted by molar-refractivity contribution is 5.24. The summed E-state index contributed by atoms with van der Waals surface area (Å²) in [6.07, 6.45) is 4.44. The van der Waals surface area contributed by atoms with Crippen LogP contribution in [0.3, 0.4) is 0 Å². The van der Waals surface area contributed by atoms with Crippen molar-refractivity contribution in [3.8, 4) is 0 Å². The molecule has 1 aliphatic rings. The second kappa shape index (κ2) is 3.97. The minimum atomic E-state index is 0.508. The molecule has 2 unspecified atom stereocenters. The Balaban J connectivity index is 1.94. The second-order valence-electron chi connectivity index (χ2n) is 4.43. The van der Waals surface area contributed by atoms with Crippen molar-refractivity contribution in [3.05, 3.63) is 17.0 Å². The first-order valence-electron chi connectivity index (χ1n) is 5.78. The van der Waals surface area contributed by atoms with E-state index in [0.29, 0.717) is 12.2 Å². The van der Waals surface area contributed by atoms with E-state index in [1.54, 1.807) is 0 Å². The van der Waals surface area contributed by atoms with Gasteiger partial charge in [-0.1, -0.05) is 6.92 Å². The summed E-state index contributed by atoms with van der Waals surface area (Å²) in [5, 5.41) is 4.42. The van der Waals surface area contributed by atoms with Gasteiger partial charge in [0.05, 0.1) is 17.9 Å². The summed E-state index contributed by atoms with van der Waals surface area (Å²) in [5.41, 5.74) is 3.87. The molecule has 1 fully saturated rings. The average Bonchev–Trinajstić information content (AvgIpc) is 2.91. The van der Waals surface area contributed by atoms with Crippen LogP contribution in [-0.4, -0.2) is 22.0 Å². The van der Waals surface area contributed by atoms with E-state index in [1.807, 2.05) is 11.7 Å². The third-order valence-corrected chi connectivity index (χ3v) is 3.43. The van der Waals surface area contributed by atoms with Crippen molar-refractivity contribution < 1.29 is 4.74 Å². The molecule has 3 nitrogen and oxygen atoms in total. The Labute approximate surface area is 91.4 Å². The van der Waals surface area contributed by atoms with Crippen molar-refractivity contribution >= 4 is 0 Å². The van der Waals surface area contributed by atoms with Crippen LogP contribution >= 0.6 is 0 Å². The fraction of sp³-hybridized carbons (Fsp3) is 0.750. The standard InChI is InChI=1S/C12H20N2O/c1-5-11-12(15-11)7-6-10-8(2)13-14(4)9(10)3/h11-12H,5-7H2,1-4H3. The Hall–Kier alpha value is -0.830. The van der Waals surface area contributed by atoms with E-state index in [-0.39, 0.29) is 0 Å². The summed E-state index contributed by atoms with van der Waals surface area (Å²) >= 11 is 0. The molecule has 1 saturated heterocycles. The fourth-order valence-corrected chi connectivity index (χ4v) is 2.26. The molecule has 1 aliphatic heterocycles. The van der Waals surface area contributed by atoms with Gasteiger partial charge in [-0.2, -0.15) is 5.10 Å². The zero-order valence-electron chi connectivity index (χ0n) is 10.1. The maximum Gasteiger partial charge on any atom is 0.0845 e. The zero-order valence-corrected chi connectivity index (χ0v) is 10.1. The number of epoxide rings is 1. The molecule has 2 atom stereocenters. The van der Waals surface area contributed by atoms with Crippen LogP contribution in [0.5, 0.6) is 0 Å². The number of hydrogen-bond acceptors (Lipinski definition) is 2. The first-order valence-corrected chi connectivity index (χ1v) is 5.78. The summed E-state index contributed by atoms with van der Waals surface area (Å²) in [6, 6.07) is 0. The number of rotatable bonds is 4. The highest BCUT2D eigenvalue weighted by Gasteiger charge is 2.36. The van der Waals surface area contributed by atoms with E-state index in [2.05, 4.69) is 25.9 Å². The van der Waals surface area contributed by atoms with Crippen LogP contribution in [0.1, 0.15) is 36.7 Å². The average molecular weight is 208 g/mol. The van der Waals surface area contributed by atoms with Gasteiger partial charge >= 0.3 is 0 Å². The van der Waals surface area contributed by atoms with Crippen molar-refractivity contribution in [3.63, 3.8) is 0 Å². The Morgan fingerprint density at radius 3 is 2.53 bits per heavy atom. The number of aryl methyl sites for hydroxylation is 2. The van der Waals surface area contributed by atoms with Gasteiger partial charge in [-0.05, 0) is 38.7 Å². The summed E-state index contributed by atoms with van der Waals surface area (Å²) in [6.45, 7) is 6.42. The van der Waals surface area contributed by atoms with Gasteiger partial charge in [0.15, 0.2) is 0 Å². The molecule has 0 spiro atoms. The van der Waals surface area contributed by atoms with Crippen molar-refractivity contribution in [2.45, 2.75) is 52.2 Å². The zero-order chi connectivity index (χ0) is 11.0. The van der Waals surface area contributed by atoms with Gasteiger partial charge in [-0.15, -0.1) is 0 Å². The molecule has 0 radical (unpaired) electrons. The molecule has 3 heteroatoms. The molecule has 84 valence electrons. The van der Waals surface area contributed by atoms with Gasteiger partial charge < -0.3 is 4.74 Å². The lowest BCUT2D eigenvalue weighted by Gasteiger charge is -1.99. The summed E-state index contributed by atoms with van der Waals surface area (Å²) in [5.74, 6) is 0. The van der Waals surface area contributed by atoms with Crippen LogP contribution in [0.25, 0.3) is 0 Å². The minimum Gasteiger partial charge on any atom is -0.370 e. The number of ether oxygens (including phenoxy) is 1. The lowest BCUT2D eigenvalue weighted by molar-refractivity contribution is 0.359. The lowest BCUT2D eigenvalue weighted by atomic mass is 10.0. The molecule has 0 aromatic carbocycles. The van der Waals surface area contributed by atoms with Crippen LogP contribution in [0.15, 0.2) is 0 Å². The molecule has 15 heavy (non-hydrogen) atoms. The third-order valence-electron chi connectivity index (χ3n) is 3.43. The Bertz CT molecular complexity index is 357. The lowest BCUT2D eigenvalue weighted by Crippen LogP contribution is -1.98. The molecule has 1 aromatic heterocycles. The Kier molecular flexibility index (Phi) is 2.83. The number of nitrogens with zero attached hydrogens (tertiary/aromatic N) is 2. The molecule has 2 rings (SSSR count). The quantitative estimate of drug-likeness (QED) is 0.710. The normalized spacial score (nSPS) is 24.5. The first kappa shape index (κ1) is 10.7. The van der Waals surface area contributed by atoms with Crippen LogP contribution < -0.4 is 0 Å². The topological polar surface area (TPSA) is 30.4 Å². The van der Waals surface area contributed by atoms with E-state index < -0.39 is 0 Å². The van der Waals surface area contributed by atoms with E-state index >= 15 is 0 Å². The van der Waals surface area contributed by atoms with Gasteiger partial charge in [0.25, 0.3) is 0 Å². The predicted octanol–water partition coefficient (Wildman–Crippen LogP) is 2.15. The monoisotopic (exact) mass is 208 g/mol. The summed E-state index contributed by atoms with van der Waals surface area (Å²) < 4.78 is 7.52. The molecule has 0 bridgehead atoms. The van der Waals surface area contributed by atoms with Gasteiger partial charge in [0.2, 0.25) is 0 Å². The number of hydrogen-bond donors (Lipinski definition) is 0. The van der Waals surface area contributed by atoms with Crippen molar-refractivity contribution in [1.29, 1.82) is 0 Å². The van der Waals surface area contributed by atoms with E-state index in [1.165, 1.54) is 17.0 Å². The van der Waals surface area contributed by atoms with Crippen LogP contribution in [0, 0.1) is 13.8 Å². The molecule has 0 N–H and O–H groups in total. The molecule has 2 heterocycles. The van der Waals surface area contributed by atoms with Gasteiger partial charge in [0.1, 0.15) is 0 Å². The van der Waals surface area contributed by atoms with Crippen LogP contribution in [-0.2, 0) is 18.2 Å². The van der Waals surface area contributed by atoms with Crippen molar-refractivity contribution in [1.82, 2.24) is 9.78 Å². The number of aromatic nitrogens is 2. The van der Waals surface area contributed by atoms with Gasteiger partial charge in [-0.25, -0.2) is 0 Å². The summed E-state index contributed by atoms with van der Waals surface area (Å²) in [7, 11) is 2.01. The molecule has 0 aliphatic carbocycles. The maximum atomic E-state index is 5.55. The second-order valence-corrected chi connectivity index (χ2v) is 4.43. The molecule has 0 amide bonds. The van der Waals surface area contributed by atoms with Gasteiger partial charge in [0, 0.05) is 12.7 Å². The highest BCUT2D eigenvalue weighted by atomic mass is 16.6. The van der Waals surface area contributed by atoms with E-state index in [4.69, 9.17) is 4.74 Å². The van der Waals surface area contributed by atoms with E-state index in [9.17, 15) is 0 Å². The predicted molar refractivity (Wildman–Crippen MR) is 60.0 cm³/mol. The highest BCUT2D eigenvalue weighted by Crippen LogP contribution is 2.29. The van der Waals surface area contributed by atoms with E-state index in [0.717, 1.165) is 19.3 Å². The van der Waals surface area contributed by atoms with Gasteiger partial charge in [-0.3, -0.25) is 4.68 Å². The first-order chi connectivity index (χ1) is 7.13. The SMILES string of the molecule is CCC1OC1CCc1c(C)nn(C)c1C. The maximum absolute atomic E-state index is 5.55. The molecule has 0 saturated carbocycles. The van der Waals surface area contributed by atoms with Crippen LogP contribution in [0.2, 0.25) is 0 Å². The van der Waals surface area contributed by atoms with Crippen molar-refractivity contribution in [2.75, 3.05) is 0 Å². The molecule has 1 aromatic rings. The smallest absolute Gasteiger partial charge is 0.0845 e. The van der Waals surface area contributed by atoms with Crippen molar-refractivity contribution in [2.24, 2.45) is 7.05 Å².